The molecule has 27 heavy (non-hydrogen) atoms. The van der Waals surface area contributed by atoms with Crippen LogP contribution in [0.4, 0.5) is 5.69 Å². The van der Waals surface area contributed by atoms with Crippen LogP contribution in [0.5, 0.6) is 0 Å². The Morgan fingerprint density at radius 3 is 2.37 bits per heavy atom. The second-order valence-electron chi connectivity index (χ2n) is 6.19. The summed E-state index contributed by atoms with van der Waals surface area (Å²) in [5.74, 6) is -0.154. The first-order valence-electron chi connectivity index (χ1n) is 8.33. The molecule has 3 rings (SSSR count). The summed E-state index contributed by atoms with van der Waals surface area (Å²) in [6, 6.07) is 17.1. The van der Waals surface area contributed by atoms with Gasteiger partial charge in [0.05, 0.1) is 17.1 Å². The fraction of sp³-hybridized carbons (Fsp3) is 0.150. The Kier molecular flexibility index (Phi) is 5.62. The second kappa shape index (κ2) is 7.94. The van der Waals surface area contributed by atoms with Gasteiger partial charge in [0.15, 0.2) is 0 Å². The van der Waals surface area contributed by atoms with Crippen LogP contribution in [0.25, 0.3) is 0 Å². The molecule has 3 aromatic rings. The number of nitrogens with one attached hydrogen (secondary N) is 1. The molecule has 0 aliphatic rings. The minimum absolute atomic E-state index is 0.114. The summed E-state index contributed by atoms with van der Waals surface area (Å²) >= 11 is 1.59. The first-order chi connectivity index (χ1) is 12.9. The third-order valence-electron chi connectivity index (χ3n) is 4.12. The molecule has 0 saturated carbocycles. The minimum atomic E-state index is -3.71. The summed E-state index contributed by atoms with van der Waals surface area (Å²) in [6.07, 6.45) is 0. The average molecular weight is 401 g/mol. The smallest absolute Gasteiger partial charge is 0.261 e. The lowest BCUT2D eigenvalue weighted by Gasteiger charge is -2.16. The van der Waals surface area contributed by atoms with Crippen molar-refractivity contribution in [2.24, 2.45) is 0 Å². The fourth-order valence-electron chi connectivity index (χ4n) is 2.60. The van der Waals surface area contributed by atoms with Gasteiger partial charge in [-0.3, -0.25) is 9.52 Å². The van der Waals surface area contributed by atoms with Crippen LogP contribution >= 0.6 is 11.3 Å². The lowest BCUT2D eigenvalue weighted by atomic mass is 10.2. The summed E-state index contributed by atoms with van der Waals surface area (Å²) in [4.78, 5) is 15.3. The number of carbonyl (C=O) groups excluding carboxylic acids is 1. The number of anilines is 1. The molecule has 0 saturated heterocycles. The summed E-state index contributed by atoms with van der Waals surface area (Å²) in [7, 11) is -1.98. The molecule has 0 aliphatic carbocycles. The van der Waals surface area contributed by atoms with Crippen LogP contribution in [0.15, 0.2) is 70.9 Å². The van der Waals surface area contributed by atoms with Crippen LogP contribution in [-0.4, -0.2) is 26.3 Å². The van der Waals surface area contributed by atoms with Gasteiger partial charge in [0.2, 0.25) is 0 Å². The maximum atomic E-state index is 12.6. The summed E-state index contributed by atoms with van der Waals surface area (Å²) in [6.45, 7) is 2.36. The van der Waals surface area contributed by atoms with E-state index in [9.17, 15) is 13.2 Å². The Morgan fingerprint density at radius 2 is 1.74 bits per heavy atom. The number of hydrogen-bond acceptors (Lipinski definition) is 4. The Labute approximate surface area is 163 Å². The van der Waals surface area contributed by atoms with Crippen molar-refractivity contribution in [3.63, 3.8) is 0 Å². The standard InChI is InChI=1S/C20H20N2O3S2/c1-15-6-3-4-8-19(15)21-27(24,25)18-11-9-16(10-12-18)20(23)22(2)14-17-7-5-13-26-17/h3-13,21H,14H2,1-2H3. The number of sulfonamides is 1. The molecular weight excluding hydrogens is 380 g/mol. The van der Waals surface area contributed by atoms with E-state index in [-0.39, 0.29) is 10.8 Å². The average Bonchev–Trinajstić information content (AvgIpc) is 3.16. The fourth-order valence-corrected chi connectivity index (χ4v) is 4.48. The molecule has 0 unspecified atom stereocenters. The number of hydrogen-bond donors (Lipinski definition) is 1. The quantitative estimate of drug-likeness (QED) is 0.677. The highest BCUT2D eigenvalue weighted by Crippen LogP contribution is 2.20. The van der Waals surface area contributed by atoms with Crippen LogP contribution in [0.3, 0.4) is 0 Å². The van der Waals surface area contributed by atoms with E-state index in [1.54, 1.807) is 47.5 Å². The largest absolute Gasteiger partial charge is 0.337 e. The highest BCUT2D eigenvalue weighted by Gasteiger charge is 2.17. The van der Waals surface area contributed by atoms with Crippen LogP contribution in [0.1, 0.15) is 20.8 Å². The lowest BCUT2D eigenvalue weighted by Crippen LogP contribution is -2.25. The molecule has 0 atom stereocenters. The number of amides is 1. The monoisotopic (exact) mass is 400 g/mol. The molecule has 0 radical (unpaired) electrons. The highest BCUT2D eigenvalue weighted by molar-refractivity contribution is 7.92. The van der Waals surface area contributed by atoms with E-state index in [4.69, 9.17) is 0 Å². The zero-order valence-electron chi connectivity index (χ0n) is 15.0. The lowest BCUT2D eigenvalue weighted by molar-refractivity contribution is 0.0786. The summed E-state index contributed by atoms with van der Waals surface area (Å²) in [5.41, 5.74) is 1.82. The number of para-hydroxylation sites is 1. The molecule has 0 bridgehead atoms. The van der Waals surface area contributed by atoms with Crippen molar-refractivity contribution in [3.05, 3.63) is 82.0 Å². The van der Waals surface area contributed by atoms with E-state index in [1.165, 1.54) is 12.1 Å². The van der Waals surface area contributed by atoms with Gasteiger partial charge in [-0.05, 0) is 54.3 Å². The third kappa shape index (κ3) is 4.56. The van der Waals surface area contributed by atoms with Crippen LogP contribution < -0.4 is 4.72 Å². The Bertz CT molecular complexity index is 1030. The predicted molar refractivity (Wildman–Crippen MR) is 109 cm³/mol. The van der Waals surface area contributed by atoms with Gasteiger partial charge in [-0.25, -0.2) is 8.42 Å². The highest BCUT2D eigenvalue weighted by atomic mass is 32.2. The molecule has 0 aliphatic heterocycles. The number of benzene rings is 2. The Morgan fingerprint density at radius 1 is 1.04 bits per heavy atom. The predicted octanol–water partition coefficient (Wildman–Crippen LogP) is 4.13. The van der Waals surface area contributed by atoms with Gasteiger partial charge in [0, 0.05) is 17.5 Å². The van der Waals surface area contributed by atoms with Crippen molar-refractivity contribution in [2.45, 2.75) is 18.4 Å². The number of nitrogens with zero attached hydrogens (tertiary/aromatic N) is 1. The molecule has 2 aromatic carbocycles. The third-order valence-corrected chi connectivity index (χ3v) is 6.36. The van der Waals surface area contributed by atoms with Gasteiger partial charge in [-0.1, -0.05) is 24.3 Å². The first-order valence-corrected chi connectivity index (χ1v) is 10.7. The molecule has 5 nitrogen and oxygen atoms in total. The van der Waals surface area contributed by atoms with Gasteiger partial charge in [-0.2, -0.15) is 0 Å². The SMILES string of the molecule is Cc1ccccc1NS(=O)(=O)c1ccc(C(=O)N(C)Cc2cccs2)cc1. The van der Waals surface area contributed by atoms with Crippen molar-refractivity contribution in [3.8, 4) is 0 Å². The van der Waals surface area contributed by atoms with E-state index < -0.39 is 10.0 Å². The van der Waals surface area contributed by atoms with E-state index in [0.29, 0.717) is 17.8 Å². The second-order valence-corrected chi connectivity index (χ2v) is 8.90. The van der Waals surface area contributed by atoms with Crippen molar-refractivity contribution in [1.29, 1.82) is 0 Å². The van der Waals surface area contributed by atoms with E-state index in [2.05, 4.69) is 4.72 Å². The molecule has 7 heteroatoms. The van der Waals surface area contributed by atoms with Gasteiger partial charge in [-0.15, -0.1) is 11.3 Å². The van der Waals surface area contributed by atoms with E-state index in [1.807, 2.05) is 36.6 Å². The van der Waals surface area contributed by atoms with Crippen molar-refractivity contribution in [1.82, 2.24) is 4.90 Å². The van der Waals surface area contributed by atoms with E-state index in [0.717, 1.165) is 10.4 Å². The Balaban J connectivity index is 1.74. The van der Waals surface area contributed by atoms with Gasteiger partial charge < -0.3 is 4.90 Å². The molecule has 1 N–H and O–H groups in total. The zero-order chi connectivity index (χ0) is 19.4. The Hall–Kier alpha value is -2.64. The number of aryl methyl sites for hydroxylation is 1. The molecule has 0 spiro atoms. The molecular formula is C20H20N2O3S2. The maximum absolute atomic E-state index is 12.6. The normalized spacial score (nSPS) is 11.2. The van der Waals surface area contributed by atoms with E-state index >= 15 is 0 Å². The number of carbonyl (C=O) groups is 1. The van der Waals surface area contributed by atoms with Gasteiger partial charge in [0.25, 0.3) is 15.9 Å². The van der Waals surface area contributed by atoms with Crippen molar-refractivity contribution in [2.75, 3.05) is 11.8 Å². The number of thiophene rings is 1. The van der Waals surface area contributed by atoms with Crippen LogP contribution in [0.2, 0.25) is 0 Å². The topological polar surface area (TPSA) is 66.5 Å². The maximum Gasteiger partial charge on any atom is 0.261 e. The molecule has 140 valence electrons. The molecule has 0 fully saturated rings. The van der Waals surface area contributed by atoms with Crippen molar-refractivity contribution >= 4 is 33.0 Å². The molecule has 1 heterocycles. The number of rotatable bonds is 6. The summed E-state index contributed by atoms with van der Waals surface area (Å²) in [5, 5.41) is 1.97. The zero-order valence-corrected chi connectivity index (χ0v) is 16.7. The molecule has 1 aromatic heterocycles. The minimum Gasteiger partial charge on any atom is -0.337 e. The van der Waals surface area contributed by atoms with Crippen LogP contribution in [-0.2, 0) is 16.6 Å². The first kappa shape index (κ1) is 19.1. The van der Waals surface area contributed by atoms with Crippen LogP contribution in [0, 0.1) is 6.92 Å². The molecule has 1 amide bonds. The van der Waals surface area contributed by atoms with Gasteiger partial charge >= 0.3 is 0 Å². The van der Waals surface area contributed by atoms with Crippen molar-refractivity contribution < 1.29 is 13.2 Å². The van der Waals surface area contributed by atoms with Gasteiger partial charge in [0.1, 0.15) is 0 Å². The summed E-state index contributed by atoms with van der Waals surface area (Å²) < 4.78 is 27.7.